The first-order chi connectivity index (χ1) is 7.08. The van der Waals surface area contributed by atoms with Crippen LogP contribution in [0.25, 0.3) is 5.69 Å². The third-order valence-electron chi connectivity index (χ3n) is 2.00. The van der Waals surface area contributed by atoms with Crippen molar-refractivity contribution in [2.24, 2.45) is 0 Å². The van der Waals surface area contributed by atoms with Gasteiger partial charge < -0.3 is 5.73 Å². The van der Waals surface area contributed by atoms with Crippen LogP contribution < -0.4 is 5.73 Å². The van der Waals surface area contributed by atoms with Gasteiger partial charge in [-0.2, -0.15) is 5.10 Å². The number of benzene rings is 1. The summed E-state index contributed by atoms with van der Waals surface area (Å²) in [7, 11) is 0. The van der Waals surface area contributed by atoms with E-state index in [1.807, 2.05) is 25.3 Å². The van der Waals surface area contributed by atoms with Crippen LogP contribution in [0, 0.1) is 6.92 Å². The number of rotatable bonds is 1. The number of nitrogens with two attached hydrogens (primary N) is 1. The Labute approximate surface area is 105 Å². The molecule has 3 nitrogen and oxygen atoms in total. The van der Waals surface area contributed by atoms with E-state index in [9.17, 15) is 0 Å². The van der Waals surface area contributed by atoms with Crippen molar-refractivity contribution >= 4 is 37.7 Å². The standard InChI is InChI=1S/C10H9Br2N3/c1-6-4-7(11)10(8(12)5-6)15-3-2-9(13)14-15/h2-5H,1H3,(H2,13,14). The van der Waals surface area contributed by atoms with E-state index in [1.54, 1.807) is 10.7 Å². The van der Waals surface area contributed by atoms with E-state index in [1.165, 1.54) is 5.56 Å². The minimum atomic E-state index is 0.509. The Hall–Kier alpha value is -0.810. The monoisotopic (exact) mass is 329 g/mol. The van der Waals surface area contributed by atoms with Gasteiger partial charge in [0.2, 0.25) is 0 Å². The first-order valence-corrected chi connectivity index (χ1v) is 5.93. The topological polar surface area (TPSA) is 43.8 Å². The first-order valence-electron chi connectivity index (χ1n) is 4.35. The molecule has 15 heavy (non-hydrogen) atoms. The summed E-state index contributed by atoms with van der Waals surface area (Å²) in [5, 5.41) is 4.17. The normalized spacial score (nSPS) is 10.6. The summed E-state index contributed by atoms with van der Waals surface area (Å²) in [4.78, 5) is 0. The molecule has 0 aliphatic heterocycles. The molecule has 0 bridgehead atoms. The molecule has 2 aromatic rings. The summed E-state index contributed by atoms with van der Waals surface area (Å²) in [5.41, 5.74) is 7.72. The number of hydrogen-bond acceptors (Lipinski definition) is 2. The molecule has 0 aliphatic carbocycles. The SMILES string of the molecule is Cc1cc(Br)c(-n2ccc(N)n2)c(Br)c1. The fourth-order valence-corrected chi connectivity index (χ4v) is 3.15. The lowest BCUT2D eigenvalue weighted by Gasteiger charge is -2.08. The molecule has 1 aromatic carbocycles. The van der Waals surface area contributed by atoms with Crippen molar-refractivity contribution in [3.8, 4) is 5.69 Å². The maximum Gasteiger partial charge on any atom is 0.145 e. The Bertz CT molecular complexity index is 482. The minimum Gasteiger partial charge on any atom is -0.382 e. The highest BCUT2D eigenvalue weighted by Crippen LogP contribution is 2.30. The number of halogens is 2. The van der Waals surface area contributed by atoms with Gasteiger partial charge in [0.05, 0.1) is 5.69 Å². The molecular formula is C10H9Br2N3. The van der Waals surface area contributed by atoms with Crippen molar-refractivity contribution in [3.05, 3.63) is 38.9 Å². The number of nitrogens with zero attached hydrogens (tertiary/aromatic N) is 2. The molecule has 0 unspecified atom stereocenters. The highest BCUT2D eigenvalue weighted by atomic mass is 79.9. The van der Waals surface area contributed by atoms with E-state index >= 15 is 0 Å². The number of aromatic nitrogens is 2. The fraction of sp³-hybridized carbons (Fsp3) is 0.100. The van der Waals surface area contributed by atoms with Gasteiger partial charge in [0.25, 0.3) is 0 Å². The number of aryl methyl sites for hydroxylation is 1. The van der Waals surface area contributed by atoms with Gasteiger partial charge in [-0.15, -0.1) is 0 Å². The van der Waals surface area contributed by atoms with E-state index in [0.717, 1.165) is 14.6 Å². The highest BCUT2D eigenvalue weighted by molar-refractivity contribution is 9.11. The number of nitrogen functional groups attached to an aromatic ring is 1. The van der Waals surface area contributed by atoms with Crippen LogP contribution in [0.15, 0.2) is 33.3 Å². The number of anilines is 1. The zero-order chi connectivity index (χ0) is 11.0. The van der Waals surface area contributed by atoms with Gasteiger partial charge >= 0.3 is 0 Å². The molecule has 0 aliphatic rings. The van der Waals surface area contributed by atoms with Crippen LogP contribution in [0.5, 0.6) is 0 Å². The predicted molar refractivity (Wildman–Crippen MR) is 68.1 cm³/mol. The largest absolute Gasteiger partial charge is 0.382 e. The summed E-state index contributed by atoms with van der Waals surface area (Å²) in [6, 6.07) is 5.84. The summed E-state index contributed by atoms with van der Waals surface area (Å²) < 4.78 is 3.71. The third-order valence-corrected chi connectivity index (χ3v) is 3.21. The Morgan fingerprint density at radius 2 is 1.87 bits per heavy atom. The summed E-state index contributed by atoms with van der Waals surface area (Å²) in [5.74, 6) is 0.509. The van der Waals surface area contributed by atoms with Crippen molar-refractivity contribution in [2.45, 2.75) is 6.92 Å². The van der Waals surface area contributed by atoms with Gasteiger partial charge in [-0.25, -0.2) is 4.68 Å². The lowest BCUT2D eigenvalue weighted by molar-refractivity contribution is 0.876. The average Bonchev–Trinajstić information content (AvgIpc) is 2.49. The summed E-state index contributed by atoms with van der Waals surface area (Å²) in [6.45, 7) is 2.04. The molecule has 0 atom stereocenters. The molecule has 1 heterocycles. The minimum absolute atomic E-state index is 0.509. The molecular weight excluding hydrogens is 322 g/mol. The van der Waals surface area contributed by atoms with Crippen molar-refractivity contribution in [2.75, 3.05) is 5.73 Å². The second-order valence-electron chi connectivity index (χ2n) is 3.26. The van der Waals surface area contributed by atoms with Crippen molar-refractivity contribution in [3.63, 3.8) is 0 Å². The van der Waals surface area contributed by atoms with Crippen molar-refractivity contribution in [1.82, 2.24) is 9.78 Å². The molecule has 0 fully saturated rings. The molecule has 0 amide bonds. The maximum absolute atomic E-state index is 5.58. The van der Waals surface area contributed by atoms with Crippen LogP contribution in [0.3, 0.4) is 0 Å². The maximum atomic E-state index is 5.58. The van der Waals surface area contributed by atoms with Crippen LogP contribution in [-0.2, 0) is 0 Å². The Morgan fingerprint density at radius 3 is 2.33 bits per heavy atom. The van der Waals surface area contributed by atoms with Gasteiger partial charge in [-0.3, -0.25) is 0 Å². The predicted octanol–water partition coefficient (Wildman–Crippen LogP) is 3.29. The van der Waals surface area contributed by atoms with Gasteiger partial charge in [0.1, 0.15) is 5.82 Å². The number of hydrogen-bond donors (Lipinski definition) is 1. The first kappa shape index (κ1) is 10.7. The van der Waals surface area contributed by atoms with E-state index in [2.05, 4.69) is 37.0 Å². The molecule has 0 spiro atoms. The molecule has 2 rings (SSSR count). The second-order valence-corrected chi connectivity index (χ2v) is 4.97. The van der Waals surface area contributed by atoms with Crippen LogP contribution in [0.2, 0.25) is 0 Å². The van der Waals surface area contributed by atoms with E-state index < -0.39 is 0 Å². The zero-order valence-electron chi connectivity index (χ0n) is 8.04. The molecule has 78 valence electrons. The molecule has 2 N–H and O–H groups in total. The van der Waals surface area contributed by atoms with Crippen molar-refractivity contribution in [1.29, 1.82) is 0 Å². The summed E-state index contributed by atoms with van der Waals surface area (Å²) >= 11 is 7.02. The zero-order valence-corrected chi connectivity index (χ0v) is 11.2. The van der Waals surface area contributed by atoms with Crippen LogP contribution in [0.1, 0.15) is 5.56 Å². The smallest absolute Gasteiger partial charge is 0.145 e. The Morgan fingerprint density at radius 1 is 1.27 bits per heavy atom. The quantitative estimate of drug-likeness (QED) is 0.872. The molecule has 0 saturated carbocycles. The van der Waals surface area contributed by atoms with Gasteiger partial charge in [-0.05, 0) is 56.5 Å². The second kappa shape index (κ2) is 3.98. The van der Waals surface area contributed by atoms with E-state index in [0.29, 0.717) is 5.82 Å². The fourth-order valence-electron chi connectivity index (χ4n) is 1.37. The molecule has 1 aromatic heterocycles. The summed E-state index contributed by atoms with van der Waals surface area (Å²) in [6.07, 6.45) is 1.83. The molecule has 0 radical (unpaired) electrons. The average molecular weight is 331 g/mol. The van der Waals surface area contributed by atoms with E-state index in [-0.39, 0.29) is 0 Å². The van der Waals surface area contributed by atoms with Gasteiger partial charge in [0.15, 0.2) is 0 Å². The third kappa shape index (κ3) is 2.08. The Balaban J connectivity index is 2.62. The molecule has 5 heteroatoms. The van der Waals surface area contributed by atoms with E-state index in [4.69, 9.17) is 5.73 Å². The van der Waals surface area contributed by atoms with Gasteiger partial charge in [-0.1, -0.05) is 0 Å². The molecule has 0 saturated heterocycles. The van der Waals surface area contributed by atoms with Crippen molar-refractivity contribution < 1.29 is 0 Å². The van der Waals surface area contributed by atoms with Gasteiger partial charge in [0, 0.05) is 21.2 Å². The van der Waals surface area contributed by atoms with Crippen LogP contribution in [0.4, 0.5) is 5.82 Å². The highest BCUT2D eigenvalue weighted by Gasteiger charge is 2.09. The van der Waals surface area contributed by atoms with Crippen LogP contribution in [-0.4, -0.2) is 9.78 Å². The lowest BCUT2D eigenvalue weighted by atomic mass is 10.2. The lowest BCUT2D eigenvalue weighted by Crippen LogP contribution is -1.99. The van der Waals surface area contributed by atoms with Crippen LogP contribution >= 0.6 is 31.9 Å². The Kier molecular flexibility index (Phi) is 2.84.